The molecule has 0 saturated carbocycles. The minimum absolute atomic E-state index is 0.436. The molecule has 0 heterocycles. The quantitative estimate of drug-likeness (QED) is 0.393. The molecule has 0 aliphatic rings. The number of hydrogen-bond acceptors (Lipinski definition) is 1. The van der Waals surface area contributed by atoms with Crippen molar-refractivity contribution in [3.63, 3.8) is 0 Å². The molecule has 1 atom stereocenters. The van der Waals surface area contributed by atoms with E-state index in [0.717, 1.165) is 0 Å². The molecule has 2 heteroatoms. The van der Waals surface area contributed by atoms with Crippen molar-refractivity contribution in [2.75, 3.05) is 12.3 Å². The molecule has 0 amide bonds. The average Bonchev–Trinajstić information content (AvgIpc) is 1.68. The van der Waals surface area contributed by atoms with E-state index in [-0.39, 0.29) is 0 Å². The predicted octanol–water partition coefficient (Wildman–Crippen LogP) is 1.47. The summed E-state index contributed by atoms with van der Waals surface area (Å²) in [7, 11) is -1.06. The maximum absolute atomic E-state index is 10.4. The van der Waals surface area contributed by atoms with Gasteiger partial charge in [-0.05, 0) is 6.92 Å². The fourth-order valence-corrected chi connectivity index (χ4v) is 0.641. The second kappa shape index (κ2) is 3.84. The fourth-order valence-electron chi connectivity index (χ4n) is 0.214. The Morgan fingerprint density at radius 2 is 2.43 bits per heavy atom. The van der Waals surface area contributed by atoms with Gasteiger partial charge in [0.2, 0.25) is 6.16 Å². The molecule has 0 radical (unpaired) electrons. The van der Waals surface area contributed by atoms with E-state index in [4.69, 9.17) is 6.42 Å². The van der Waals surface area contributed by atoms with Crippen LogP contribution in [0, 0.1) is 12.3 Å². The van der Waals surface area contributed by atoms with Crippen LogP contribution in [0.25, 0.3) is 0 Å². The Kier molecular flexibility index (Phi) is 3.65. The molecule has 0 fully saturated rings. The van der Waals surface area contributed by atoms with Crippen LogP contribution >= 0.6 is 7.80 Å². The van der Waals surface area contributed by atoms with Gasteiger partial charge in [0.25, 0.3) is 0 Å². The first-order chi connectivity index (χ1) is 3.31. The maximum atomic E-state index is 10.4. The summed E-state index contributed by atoms with van der Waals surface area (Å²) in [5, 5.41) is 0. The minimum Gasteiger partial charge on any atom is -0.116 e. The predicted molar refractivity (Wildman–Crippen MR) is 31.8 cm³/mol. The van der Waals surface area contributed by atoms with Gasteiger partial charge in [0, 0.05) is 0 Å². The zero-order valence-corrected chi connectivity index (χ0v) is 5.24. The molecule has 7 heavy (non-hydrogen) atoms. The van der Waals surface area contributed by atoms with Crippen molar-refractivity contribution < 1.29 is 4.57 Å². The molecule has 0 aromatic rings. The van der Waals surface area contributed by atoms with E-state index in [1.807, 2.05) is 6.92 Å². The molecule has 0 rings (SSSR count). The van der Waals surface area contributed by atoms with Crippen LogP contribution in [0.15, 0.2) is 0 Å². The molecule has 1 nitrogen and oxygen atoms in total. The monoisotopic (exact) mass is 115 g/mol. The third kappa shape index (κ3) is 3.49. The van der Waals surface area contributed by atoms with Crippen molar-refractivity contribution >= 4 is 7.80 Å². The lowest BCUT2D eigenvalue weighted by molar-refractivity contribution is 0.590. The van der Waals surface area contributed by atoms with Crippen molar-refractivity contribution in [1.29, 1.82) is 0 Å². The Morgan fingerprint density at radius 3 is 2.57 bits per heavy atom. The van der Waals surface area contributed by atoms with Crippen LogP contribution in [0.5, 0.6) is 0 Å². The lowest BCUT2D eigenvalue weighted by Crippen LogP contribution is -1.70. The molecule has 0 aromatic carbocycles. The first-order valence-corrected chi connectivity index (χ1v) is 3.79. The Hall–Kier alpha value is -0.340. The van der Waals surface area contributed by atoms with Crippen molar-refractivity contribution in [2.24, 2.45) is 0 Å². The number of hydrogen-bond donors (Lipinski definition) is 0. The molecule has 0 aliphatic carbocycles. The van der Waals surface area contributed by atoms with E-state index in [9.17, 15) is 4.57 Å². The Balaban J connectivity index is 3.23. The highest BCUT2D eigenvalue weighted by molar-refractivity contribution is 7.44. The Bertz CT molecular complexity index is 101. The minimum atomic E-state index is -1.06. The van der Waals surface area contributed by atoms with Gasteiger partial charge in [0.05, 0.1) is 0 Å². The smallest absolute Gasteiger partial charge is 0.116 e. The number of rotatable bonds is 2. The van der Waals surface area contributed by atoms with Crippen molar-refractivity contribution in [3.8, 4) is 12.3 Å². The molecule has 0 spiro atoms. The van der Waals surface area contributed by atoms with Gasteiger partial charge >= 0.3 is 7.80 Å². The van der Waals surface area contributed by atoms with Crippen LogP contribution in [-0.4, -0.2) is 12.3 Å². The standard InChI is InChI=1S/C5H8OP/c1-3-5-7(6)4-2/h1H,4-5H2,2H3/q+1. The van der Waals surface area contributed by atoms with Crippen LogP contribution in [0.1, 0.15) is 6.92 Å². The number of terminal acetylenes is 1. The van der Waals surface area contributed by atoms with Gasteiger partial charge in [-0.1, -0.05) is 10.5 Å². The average molecular weight is 115 g/mol. The second-order valence-corrected chi connectivity index (χ2v) is 3.07. The third-order valence-electron chi connectivity index (χ3n) is 0.620. The van der Waals surface area contributed by atoms with E-state index < -0.39 is 7.80 Å². The lowest BCUT2D eigenvalue weighted by Gasteiger charge is -1.66. The molecular formula is C5H8OP+. The molecule has 38 valence electrons. The van der Waals surface area contributed by atoms with E-state index in [2.05, 4.69) is 5.92 Å². The van der Waals surface area contributed by atoms with Crippen molar-refractivity contribution in [1.82, 2.24) is 0 Å². The van der Waals surface area contributed by atoms with Gasteiger partial charge in [-0.3, -0.25) is 0 Å². The van der Waals surface area contributed by atoms with E-state index >= 15 is 0 Å². The molecule has 0 aliphatic heterocycles. The normalized spacial score (nSPS) is 10.0. The first kappa shape index (κ1) is 6.66. The van der Waals surface area contributed by atoms with Crippen LogP contribution in [0.2, 0.25) is 0 Å². The lowest BCUT2D eigenvalue weighted by atomic mass is 10.8. The molecule has 0 bridgehead atoms. The van der Waals surface area contributed by atoms with Gasteiger partial charge < -0.3 is 0 Å². The summed E-state index contributed by atoms with van der Waals surface area (Å²) >= 11 is 0. The van der Waals surface area contributed by atoms with Gasteiger partial charge in [-0.25, -0.2) is 0 Å². The Labute approximate surface area is 44.9 Å². The van der Waals surface area contributed by atoms with Crippen LogP contribution in [0.3, 0.4) is 0 Å². The van der Waals surface area contributed by atoms with Crippen LogP contribution in [0.4, 0.5) is 0 Å². The summed E-state index contributed by atoms with van der Waals surface area (Å²) in [4.78, 5) is 0. The SMILES string of the molecule is C#CC[P+](=O)CC. The molecular weight excluding hydrogens is 107 g/mol. The highest BCUT2D eigenvalue weighted by Crippen LogP contribution is 2.16. The summed E-state index contributed by atoms with van der Waals surface area (Å²) in [6, 6.07) is 0. The second-order valence-electron chi connectivity index (χ2n) is 1.16. The van der Waals surface area contributed by atoms with Crippen molar-refractivity contribution in [2.45, 2.75) is 6.92 Å². The topological polar surface area (TPSA) is 17.1 Å². The summed E-state index contributed by atoms with van der Waals surface area (Å²) in [5.41, 5.74) is 0. The zero-order valence-electron chi connectivity index (χ0n) is 4.35. The molecule has 0 saturated heterocycles. The van der Waals surface area contributed by atoms with Gasteiger partial charge in [0.15, 0.2) is 0 Å². The van der Waals surface area contributed by atoms with Gasteiger partial charge in [-0.15, -0.1) is 6.42 Å². The van der Waals surface area contributed by atoms with Crippen LogP contribution in [-0.2, 0) is 4.57 Å². The largest absolute Gasteiger partial charge is 0.351 e. The summed E-state index contributed by atoms with van der Waals surface area (Å²) in [6.07, 6.45) is 6.02. The van der Waals surface area contributed by atoms with Crippen LogP contribution < -0.4 is 0 Å². The van der Waals surface area contributed by atoms with E-state index in [1.54, 1.807) is 0 Å². The van der Waals surface area contributed by atoms with E-state index in [0.29, 0.717) is 12.3 Å². The summed E-state index contributed by atoms with van der Waals surface area (Å²) < 4.78 is 10.4. The van der Waals surface area contributed by atoms with Gasteiger partial charge in [-0.2, -0.15) is 0 Å². The molecule has 0 N–H and O–H groups in total. The molecule has 1 unspecified atom stereocenters. The molecule has 0 aromatic heterocycles. The fraction of sp³-hybridized carbons (Fsp3) is 0.600. The van der Waals surface area contributed by atoms with E-state index in [1.165, 1.54) is 0 Å². The highest BCUT2D eigenvalue weighted by Gasteiger charge is 2.05. The first-order valence-electron chi connectivity index (χ1n) is 2.16. The highest BCUT2D eigenvalue weighted by atomic mass is 31.1. The third-order valence-corrected chi connectivity index (χ3v) is 1.86. The Morgan fingerprint density at radius 1 is 1.86 bits per heavy atom. The van der Waals surface area contributed by atoms with Gasteiger partial charge in [0.1, 0.15) is 6.16 Å². The summed E-state index contributed by atoms with van der Waals surface area (Å²) in [5.74, 6) is 2.33. The summed E-state index contributed by atoms with van der Waals surface area (Å²) in [6.45, 7) is 1.87. The van der Waals surface area contributed by atoms with Crippen molar-refractivity contribution in [3.05, 3.63) is 0 Å². The zero-order chi connectivity index (χ0) is 5.70. The maximum Gasteiger partial charge on any atom is 0.351 e.